The van der Waals surface area contributed by atoms with Gasteiger partial charge >= 0.3 is 12.1 Å². The third kappa shape index (κ3) is 8.22. The van der Waals surface area contributed by atoms with Crippen molar-refractivity contribution >= 4 is 64.0 Å². The number of amides is 2. The zero-order valence-corrected chi connectivity index (χ0v) is 18.5. The molecule has 32 heavy (non-hydrogen) atoms. The van der Waals surface area contributed by atoms with E-state index in [1.165, 1.54) is 18.2 Å². The van der Waals surface area contributed by atoms with Gasteiger partial charge in [-0.05, 0) is 42.8 Å². The lowest BCUT2D eigenvalue weighted by atomic mass is 10.2. The van der Waals surface area contributed by atoms with Crippen molar-refractivity contribution in [3.63, 3.8) is 0 Å². The molecule has 0 saturated heterocycles. The Kier molecular flexibility index (Phi) is 9.18. The van der Waals surface area contributed by atoms with Crippen molar-refractivity contribution < 1.29 is 32.3 Å². The minimum absolute atomic E-state index is 0.0475. The molecule has 0 aliphatic rings. The maximum atomic E-state index is 12.8. The number of hydrogen-bond donors (Lipinski definition) is 2. The summed E-state index contributed by atoms with van der Waals surface area (Å²) in [6, 6.07) is 6.99. The van der Waals surface area contributed by atoms with Crippen LogP contribution >= 0.6 is 34.8 Å². The SMILES string of the molecule is O=C(CCCC(=O)OCC(=O)Nc1ccc(Cl)cc1Cl)Nc1cc(C(F)(F)F)ccc1Cl. The first-order valence-electron chi connectivity index (χ1n) is 9.03. The molecule has 12 heteroatoms. The van der Waals surface area contributed by atoms with Gasteiger partial charge in [0, 0.05) is 17.9 Å². The number of hydrogen-bond acceptors (Lipinski definition) is 4. The Morgan fingerprint density at radius 2 is 1.53 bits per heavy atom. The Morgan fingerprint density at radius 1 is 0.844 bits per heavy atom. The van der Waals surface area contributed by atoms with E-state index in [4.69, 9.17) is 39.5 Å². The standard InChI is InChI=1S/C20H16Cl3F3N2O4/c21-12-5-7-15(14(23)9-12)27-18(30)10-32-19(31)3-1-2-17(29)28-16-8-11(20(24,25)26)4-6-13(16)22/h4-9H,1-3,10H2,(H,27,30)(H,28,29). The van der Waals surface area contributed by atoms with Crippen LogP contribution in [-0.2, 0) is 25.3 Å². The summed E-state index contributed by atoms with van der Waals surface area (Å²) in [6.07, 6.45) is -4.89. The molecule has 6 nitrogen and oxygen atoms in total. The number of rotatable bonds is 8. The van der Waals surface area contributed by atoms with Gasteiger partial charge in [0.25, 0.3) is 5.91 Å². The largest absolute Gasteiger partial charge is 0.456 e. The number of halogens is 6. The normalized spacial score (nSPS) is 11.1. The Hall–Kier alpha value is -2.49. The van der Waals surface area contributed by atoms with Gasteiger partial charge in [0.15, 0.2) is 6.61 Å². The van der Waals surface area contributed by atoms with E-state index in [1.807, 2.05) is 0 Å². The van der Waals surface area contributed by atoms with Crippen molar-refractivity contribution in [3.05, 3.63) is 57.0 Å². The number of nitrogens with one attached hydrogen (secondary N) is 2. The lowest BCUT2D eigenvalue weighted by molar-refractivity contribution is -0.147. The molecular formula is C20H16Cl3F3N2O4. The van der Waals surface area contributed by atoms with E-state index in [9.17, 15) is 27.6 Å². The highest BCUT2D eigenvalue weighted by Gasteiger charge is 2.31. The molecule has 0 fully saturated rings. The number of carbonyl (C=O) groups excluding carboxylic acids is 3. The average Bonchev–Trinajstić information content (AvgIpc) is 2.69. The minimum Gasteiger partial charge on any atom is -0.456 e. The van der Waals surface area contributed by atoms with E-state index in [-0.39, 0.29) is 35.0 Å². The van der Waals surface area contributed by atoms with E-state index in [2.05, 4.69) is 10.6 Å². The lowest BCUT2D eigenvalue weighted by Gasteiger charge is -2.11. The van der Waals surface area contributed by atoms with Gasteiger partial charge in [-0.2, -0.15) is 13.2 Å². The topological polar surface area (TPSA) is 84.5 Å². The van der Waals surface area contributed by atoms with Crippen LogP contribution in [0.4, 0.5) is 24.5 Å². The van der Waals surface area contributed by atoms with Crippen LogP contribution in [0.1, 0.15) is 24.8 Å². The predicted molar refractivity (Wildman–Crippen MR) is 115 cm³/mol. The third-order valence-electron chi connectivity index (χ3n) is 3.92. The molecule has 0 bridgehead atoms. The molecule has 0 heterocycles. The molecule has 2 aromatic carbocycles. The Balaban J connectivity index is 1.73. The highest BCUT2D eigenvalue weighted by molar-refractivity contribution is 6.36. The molecule has 0 atom stereocenters. The molecule has 172 valence electrons. The van der Waals surface area contributed by atoms with Gasteiger partial charge in [-0.25, -0.2) is 0 Å². The van der Waals surface area contributed by atoms with Gasteiger partial charge in [-0.1, -0.05) is 34.8 Å². The summed E-state index contributed by atoms with van der Waals surface area (Å²) < 4.78 is 43.1. The number of esters is 1. The van der Waals surface area contributed by atoms with Crippen LogP contribution in [-0.4, -0.2) is 24.4 Å². The van der Waals surface area contributed by atoms with Crippen LogP contribution < -0.4 is 10.6 Å². The Labute approximate surface area is 196 Å². The average molecular weight is 512 g/mol. The van der Waals surface area contributed by atoms with E-state index in [0.29, 0.717) is 10.7 Å². The fourth-order valence-electron chi connectivity index (χ4n) is 2.40. The first-order chi connectivity index (χ1) is 15.0. The van der Waals surface area contributed by atoms with Crippen molar-refractivity contribution in [2.24, 2.45) is 0 Å². The molecule has 2 aromatic rings. The van der Waals surface area contributed by atoms with Crippen LogP contribution in [0.5, 0.6) is 0 Å². The smallest absolute Gasteiger partial charge is 0.416 e. The van der Waals surface area contributed by atoms with Crippen molar-refractivity contribution in [1.29, 1.82) is 0 Å². The van der Waals surface area contributed by atoms with Gasteiger partial charge in [0.05, 0.1) is 27.0 Å². The van der Waals surface area contributed by atoms with E-state index in [1.54, 1.807) is 0 Å². The Morgan fingerprint density at radius 3 is 2.19 bits per heavy atom. The molecule has 0 aliphatic carbocycles. The quantitative estimate of drug-likeness (QED) is 0.429. The molecule has 2 N–H and O–H groups in total. The van der Waals surface area contributed by atoms with E-state index < -0.39 is 36.1 Å². The number of anilines is 2. The maximum Gasteiger partial charge on any atom is 0.416 e. The van der Waals surface area contributed by atoms with Gasteiger partial charge in [0.1, 0.15) is 0 Å². The molecule has 2 rings (SSSR count). The summed E-state index contributed by atoms with van der Waals surface area (Å²) in [6.45, 7) is -0.566. The van der Waals surface area contributed by atoms with Crippen molar-refractivity contribution in [2.45, 2.75) is 25.4 Å². The molecule has 2 amide bonds. The van der Waals surface area contributed by atoms with Gasteiger partial charge in [-0.3, -0.25) is 14.4 Å². The summed E-state index contributed by atoms with van der Waals surface area (Å²) in [4.78, 5) is 35.5. The summed E-state index contributed by atoms with van der Waals surface area (Å²) in [7, 11) is 0. The molecule has 0 unspecified atom stereocenters. The number of carbonyl (C=O) groups is 3. The van der Waals surface area contributed by atoms with Crippen molar-refractivity contribution in [3.8, 4) is 0 Å². The minimum atomic E-state index is -4.58. The van der Waals surface area contributed by atoms with Gasteiger partial charge in [-0.15, -0.1) is 0 Å². The second kappa shape index (κ2) is 11.4. The Bertz CT molecular complexity index is 1020. The van der Waals surface area contributed by atoms with E-state index in [0.717, 1.165) is 18.2 Å². The number of alkyl halides is 3. The molecule has 0 radical (unpaired) electrons. The second-order valence-electron chi connectivity index (χ2n) is 6.43. The van der Waals surface area contributed by atoms with Gasteiger partial charge in [0.2, 0.25) is 5.91 Å². The second-order valence-corrected chi connectivity index (χ2v) is 7.68. The maximum absolute atomic E-state index is 12.8. The van der Waals surface area contributed by atoms with Crippen molar-refractivity contribution in [1.82, 2.24) is 0 Å². The first kappa shape index (κ1) is 25.8. The van der Waals surface area contributed by atoms with Crippen LogP contribution in [0.2, 0.25) is 15.1 Å². The summed E-state index contributed by atoms with van der Waals surface area (Å²) in [5, 5.41) is 5.27. The van der Waals surface area contributed by atoms with Crippen molar-refractivity contribution in [2.75, 3.05) is 17.2 Å². The summed E-state index contributed by atoms with van der Waals surface area (Å²) in [5.41, 5.74) is -0.854. The number of ether oxygens (including phenoxy) is 1. The van der Waals surface area contributed by atoms with Crippen LogP contribution in [0, 0.1) is 0 Å². The summed E-state index contributed by atoms with van der Waals surface area (Å²) in [5.74, 6) is -1.99. The zero-order valence-electron chi connectivity index (χ0n) is 16.2. The highest BCUT2D eigenvalue weighted by Crippen LogP contribution is 2.34. The first-order valence-corrected chi connectivity index (χ1v) is 10.2. The molecule has 0 aliphatic heterocycles. The van der Waals surface area contributed by atoms with Crippen LogP contribution in [0.3, 0.4) is 0 Å². The highest BCUT2D eigenvalue weighted by atomic mass is 35.5. The zero-order chi connectivity index (χ0) is 23.9. The number of benzene rings is 2. The molecule has 0 saturated carbocycles. The van der Waals surface area contributed by atoms with Gasteiger partial charge < -0.3 is 15.4 Å². The van der Waals surface area contributed by atoms with Crippen LogP contribution in [0.25, 0.3) is 0 Å². The fourth-order valence-corrected chi connectivity index (χ4v) is 3.02. The summed E-state index contributed by atoms with van der Waals surface area (Å²) >= 11 is 17.5. The van der Waals surface area contributed by atoms with Crippen LogP contribution in [0.15, 0.2) is 36.4 Å². The molecule has 0 aromatic heterocycles. The fraction of sp³-hybridized carbons (Fsp3) is 0.250. The predicted octanol–water partition coefficient (Wildman–Crippen LogP) is 5.96. The molecular weight excluding hydrogens is 496 g/mol. The lowest BCUT2D eigenvalue weighted by Crippen LogP contribution is -2.21. The monoisotopic (exact) mass is 510 g/mol. The molecule has 0 spiro atoms. The van der Waals surface area contributed by atoms with E-state index >= 15 is 0 Å². The third-order valence-corrected chi connectivity index (χ3v) is 4.80.